The van der Waals surface area contributed by atoms with E-state index in [0.717, 1.165) is 11.1 Å². The van der Waals surface area contributed by atoms with E-state index in [9.17, 15) is 14.7 Å². The van der Waals surface area contributed by atoms with Crippen LogP contribution in [0.15, 0.2) is 83.5 Å². The molecule has 3 aromatic rings. The lowest BCUT2D eigenvalue weighted by molar-refractivity contribution is -0.114. The molecule has 166 valence electrons. The summed E-state index contributed by atoms with van der Waals surface area (Å²) in [6.45, 7) is 2.14. The fraction of sp³-hybridized carbons (Fsp3) is 0.115. The van der Waals surface area contributed by atoms with Gasteiger partial charge in [0.15, 0.2) is 11.5 Å². The van der Waals surface area contributed by atoms with Crippen LogP contribution in [-0.2, 0) is 11.4 Å². The van der Waals surface area contributed by atoms with Gasteiger partial charge in [0.05, 0.1) is 29.6 Å². The van der Waals surface area contributed by atoms with Crippen LogP contribution in [0.3, 0.4) is 0 Å². The number of hydrogen-bond acceptors (Lipinski definition) is 5. The molecule has 1 N–H and O–H groups in total. The summed E-state index contributed by atoms with van der Waals surface area (Å²) in [4.78, 5) is 24.3. The van der Waals surface area contributed by atoms with Gasteiger partial charge in [-0.2, -0.15) is 10.1 Å². The molecule has 0 saturated heterocycles. The van der Waals surface area contributed by atoms with Crippen molar-refractivity contribution < 1.29 is 24.2 Å². The summed E-state index contributed by atoms with van der Waals surface area (Å²) in [6.07, 6.45) is 1.73. The minimum absolute atomic E-state index is 0.0846. The van der Waals surface area contributed by atoms with Crippen LogP contribution >= 0.6 is 0 Å². The molecule has 3 aromatic carbocycles. The number of methoxy groups -OCH3 is 1. The lowest BCUT2D eigenvalue weighted by Crippen LogP contribution is -2.21. The van der Waals surface area contributed by atoms with Crippen LogP contribution in [0.5, 0.6) is 11.5 Å². The van der Waals surface area contributed by atoms with E-state index >= 15 is 0 Å². The normalized spacial score (nSPS) is 14.4. The van der Waals surface area contributed by atoms with Crippen molar-refractivity contribution in [2.45, 2.75) is 13.5 Å². The van der Waals surface area contributed by atoms with Gasteiger partial charge in [-0.1, -0.05) is 42.5 Å². The largest absolute Gasteiger partial charge is 0.493 e. The molecular weight excluding hydrogens is 420 g/mol. The zero-order chi connectivity index (χ0) is 23.4. The Morgan fingerprint density at radius 3 is 2.55 bits per heavy atom. The number of rotatable bonds is 7. The standard InChI is InChI=1S/C26H22N2O5/c1-17-22(25(29)28(27-17)21-10-6-9-20(15-21)26(30)31)13-19-11-12-23(24(14-19)32-2)33-16-18-7-4-3-5-8-18/h3-15H,16H2,1-2H3,(H,30,31). The highest BCUT2D eigenvalue weighted by Crippen LogP contribution is 2.31. The smallest absolute Gasteiger partial charge is 0.335 e. The SMILES string of the molecule is COc1cc(C=C2C(=O)N(c3cccc(C(=O)O)c3)N=C2C)ccc1OCc1ccccc1. The summed E-state index contributed by atoms with van der Waals surface area (Å²) in [6, 6.07) is 21.4. The Morgan fingerprint density at radius 1 is 1.03 bits per heavy atom. The number of carboxylic acids is 1. The lowest BCUT2D eigenvalue weighted by atomic mass is 10.1. The molecule has 4 rings (SSSR count). The number of carbonyl (C=O) groups is 2. The molecule has 0 radical (unpaired) electrons. The Morgan fingerprint density at radius 2 is 1.82 bits per heavy atom. The van der Waals surface area contributed by atoms with Crippen LogP contribution in [0.25, 0.3) is 6.08 Å². The molecule has 0 spiro atoms. The number of aromatic carboxylic acids is 1. The number of benzene rings is 3. The fourth-order valence-electron chi connectivity index (χ4n) is 3.43. The van der Waals surface area contributed by atoms with Crippen LogP contribution in [0.2, 0.25) is 0 Å². The number of carbonyl (C=O) groups excluding carboxylic acids is 1. The molecule has 1 amide bonds. The second-order valence-corrected chi connectivity index (χ2v) is 7.40. The number of ether oxygens (including phenoxy) is 2. The molecule has 0 unspecified atom stereocenters. The quantitative estimate of drug-likeness (QED) is 0.532. The first-order valence-corrected chi connectivity index (χ1v) is 10.3. The predicted octanol–water partition coefficient (Wildman–Crippen LogP) is 4.78. The van der Waals surface area contributed by atoms with Gasteiger partial charge < -0.3 is 14.6 Å². The van der Waals surface area contributed by atoms with Crippen molar-refractivity contribution in [1.82, 2.24) is 0 Å². The van der Waals surface area contributed by atoms with E-state index in [2.05, 4.69) is 5.10 Å². The molecule has 0 bridgehead atoms. The summed E-state index contributed by atoms with van der Waals surface area (Å²) in [5.74, 6) is -0.259. The van der Waals surface area contributed by atoms with E-state index in [1.165, 1.54) is 17.1 Å². The van der Waals surface area contributed by atoms with E-state index in [1.54, 1.807) is 44.4 Å². The molecule has 7 heteroatoms. The summed E-state index contributed by atoms with van der Waals surface area (Å²) in [5.41, 5.74) is 3.21. The van der Waals surface area contributed by atoms with Crippen molar-refractivity contribution >= 4 is 29.4 Å². The molecule has 1 aliphatic heterocycles. The maximum atomic E-state index is 13.0. The number of hydrazone groups is 1. The Bertz CT molecular complexity index is 1260. The summed E-state index contributed by atoms with van der Waals surface area (Å²) in [7, 11) is 1.56. The van der Waals surface area contributed by atoms with Crippen molar-refractivity contribution in [2.24, 2.45) is 5.10 Å². The van der Waals surface area contributed by atoms with Crippen LogP contribution in [0.4, 0.5) is 5.69 Å². The average Bonchev–Trinajstić information content (AvgIpc) is 3.12. The first-order chi connectivity index (χ1) is 16.0. The topological polar surface area (TPSA) is 88.4 Å². The first-order valence-electron chi connectivity index (χ1n) is 10.3. The van der Waals surface area contributed by atoms with Crippen LogP contribution in [-0.4, -0.2) is 29.8 Å². The fourth-order valence-corrected chi connectivity index (χ4v) is 3.43. The van der Waals surface area contributed by atoms with E-state index in [1.807, 2.05) is 36.4 Å². The van der Waals surface area contributed by atoms with Gasteiger partial charge in [-0.25, -0.2) is 4.79 Å². The van der Waals surface area contributed by atoms with E-state index < -0.39 is 5.97 Å². The highest BCUT2D eigenvalue weighted by molar-refractivity contribution is 6.32. The highest BCUT2D eigenvalue weighted by atomic mass is 16.5. The lowest BCUT2D eigenvalue weighted by Gasteiger charge is -2.13. The zero-order valence-electron chi connectivity index (χ0n) is 18.2. The monoisotopic (exact) mass is 442 g/mol. The third-order valence-corrected chi connectivity index (χ3v) is 5.14. The number of hydrogen-bond donors (Lipinski definition) is 1. The Hall–Kier alpha value is -4.39. The molecule has 1 aliphatic rings. The minimum atomic E-state index is -1.07. The molecule has 0 aliphatic carbocycles. The highest BCUT2D eigenvalue weighted by Gasteiger charge is 2.29. The van der Waals surface area contributed by atoms with Gasteiger partial charge in [0.25, 0.3) is 5.91 Å². The molecular formula is C26H22N2O5. The van der Waals surface area contributed by atoms with Crippen LogP contribution in [0, 0.1) is 0 Å². The van der Waals surface area contributed by atoms with Gasteiger partial charge in [0.1, 0.15) is 6.61 Å². The molecule has 0 aromatic heterocycles. The van der Waals surface area contributed by atoms with E-state index in [-0.39, 0.29) is 11.5 Å². The van der Waals surface area contributed by atoms with Crippen LogP contribution in [0.1, 0.15) is 28.4 Å². The van der Waals surface area contributed by atoms with E-state index in [0.29, 0.717) is 35.1 Å². The third-order valence-electron chi connectivity index (χ3n) is 5.14. The van der Waals surface area contributed by atoms with Crippen molar-refractivity contribution in [3.05, 3.63) is 95.1 Å². The molecule has 0 saturated carbocycles. The van der Waals surface area contributed by atoms with Crippen molar-refractivity contribution in [1.29, 1.82) is 0 Å². The van der Waals surface area contributed by atoms with Crippen molar-refractivity contribution in [2.75, 3.05) is 12.1 Å². The van der Waals surface area contributed by atoms with Crippen molar-refractivity contribution in [3.8, 4) is 11.5 Å². The van der Waals surface area contributed by atoms with Gasteiger partial charge in [0.2, 0.25) is 0 Å². The Balaban J connectivity index is 1.56. The molecule has 0 fully saturated rings. The van der Waals surface area contributed by atoms with Crippen LogP contribution < -0.4 is 14.5 Å². The predicted molar refractivity (Wildman–Crippen MR) is 126 cm³/mol. The molecule has 7 nitrogen and oxygen atoms in total. The number of carboxylic acid groups (broad SMARTS) is 1. The van der Waals surface area contributed by atoms with Gasteiger partial charge >= 0.3 is 5.97 Å². The molecule has 1 heterocycles. The summed E-state index contributed by atoms with van der Waals surface area (Å²) < 4.78 is 11.4. The minimum Gasteiger partial charge on any atom is -0.493 e. The Labute approximate surface area is 191 Å². The van der Waals surface area contributed by atoms with Gasteiger partial charge in [-0.05, 0) is 54.5 Å². The van der Waals surface area contributed by atoms with Gasteiger partial charge in [-0.3, -0.25) is 4.79 Å². The maximum absolute atomic E-state index is 13.0. The molecule has 33 heavy (non-hydrogen) atoms. The second kappa shape index (κ2) is 9.40. The second-order valence-electron chi connectivity index (χ2n) is 7.40. The first kappa shape index (κ1) is 21.8. The zero-order valence-corrected chi connectivity index (χ0v) is 18.2. The number of anilines is 1. The maximum Gasteiger partial charge on any atom is 0.335 e. The Kier molecular flexibility index (Phi) is 6.22. The average molecular weight is 442 g/mol. The summed E-state index contributed by atoms with van der Waals surface area (Å²) in [5, 5.41) is 14.8. The third kappa shape index (κ3) is 4.77. The molecule has 0 atom stereocenters. The summed E-state index contributed by atoms with van der Waals surface area (Å²) >= 11 is 0. The van der Waals surface area contributed by atoms with E-state index in [4.69, 9.17) is 9.47 Å². The number of amides is 1. The van der Waals surface area contributed by atoms with Gasteiger partial charge in [-0.15, -0.1) is 0 Å². The van der Waals surface area contributed by atoms with Gasteiger partial charge in [0, 0.05) is 0 Å². The van der Waals surface area contributed by atoms with Crippen molar-refractivity contribution in [3.63, 3.8) is 0 Å². The number of nitrogens with zero attached hydrogens (tertiary/aromatic N) is 2.